The molecular weight excluding hydrogens is 458 g/mol. The third-order valence-corrected chi connectivity index (χ3v) is 7.19. The average Bonchev–Trinajstić information content (AvgIpc) is 3.22. The van der Waals surface area contributed by atoms with Crippen LogP contribution in [0.15, 0.2) is 60.2 Å². The number of nitrogens with zero attached hydrogens (tertiary/aromatic N) is 1. The zero-order chi connectivity index (χ0) is 24.7. The molecular formula is C29H35NO6. The number of hydrogen-bond donors (Lipinski definition) is 0. The van der Waals surface area contributed by atoms with E-state index in [0.29, 0.717) is 52.9 Å². The van der Waals surface area contributed by atoms with Crippen LogP contribution in [0, 0.1) is 0 Å². The SMILES string of the molecule is COCCOCCOCCC1=CC2COCC(C1)N2C(=O)OCC1c2ccccc2-c2ccccc21. The predicted octanol–water partition coefficient (Wildman–Crippen LogP) is 4.40. The number of carbonyl (C=O) groups is 1. The van der Waals surface area contributed by atoms with Crippen LogP contribution in [0.1, 0.15) is 29.9 Å². The Kier molecular flexibility index (Phi) is 8.33. The summed E-state index contributed by atoms with van der Waals surface area (Å²) in [6, 6.07) is 16.7. The van der Waals surface area contributed by atoms with Gasteiger partial charge in [0.15, 0.2) is 0 Å². The first-order valence-corrected chi connectivity index (χ1v) is 12.8. The number of amides is 1. The molecule has 5 rings (SSSR count). The highest BCUT2D eigenvalue weighted by Gasteiger charge is 2.39. The number of methoxy groups -OCH3 is 1. The highest BCUT2D eigenvalue weighted by atomic mass is 16.6. The Hall–Kier alpha value is -2.71. The normalized spacial score (nSPS) is 20.6. The van der Waals surface area contributed by atoms with Crippen molar-refractivity contribution in [2.45, 2.75) is 30.8 Å². The molecule has 2 atom stereocenters. The number of carbonyl (C=O) groups excluding carboxylic acids is 1. The Morgan fingerprint density at radius 2 is 1.58 bits per heavy atom. The maximum Gasteiger partial charge on any atom is 0.410 e. The van der Waals surface area contributed by atoms with Gasteiger partial charge in [0.05, 0.1) is 58.3 Å². The van der Waals surface area contributed by atoms with E-state index in [2.05, 4.69) is 54.6 Å². The van der Waals surface area contributed by atoms with Gasteiger partial charge in [-0.3, -0.25) is 4.90 Å². The Balaban J connectivity index is 1.15. The molecule has 0 radical (unpaired) electrons. The van der Waals surface area contributed by atoms with E-state index in [1.54, 1.807) is 7.11 Å². The van der Waals surface area contributed by atoms with Gasteiger partial charge in [0.25, 0.3) is 0 Å². The van der Waals surface area contributed by atoms with Crippen molar-refractivity contribution in [1.82, 2.24) is 4.90 Å². The molecule has 36 heavy (non-hydrogen) atoms. The van der Waals surface area contributed by atoms with E-state index in [1.165, 1.54) is 27.8 Å². The molecule has 2 aliphatic heterocycles. The van der Waals surface area contributed by atoms with Crippen LogP contribution in [0.4, 0.5) is 4.79 Å². The summed E-state index contributed by atoms with van der Waals surface area (Å²) in [6.07, 6.45) is 3.54. The van der Waals surface area contributed by atoms with Crippen LogP contribution < -0.4 is 0 Å². The van der Waals surface area contributed by atoms with Gasteiger partial charge in [-0.1, -0.05) is 60.2 Å². The van der Waals surface area contributed by atoms with E-state index >= 15 is 0 Å². The zero-order valence-corrected chi connectivity index (χ0v) is 20.9. The van der Waals surface area contributed by atoms with Gasteiger partial charge in [0.2, 0.25) is 0 Å². The van der Waals surface area contributed by atoms with Crippen LogP contribution in [0.2, 0.25) is 0 Å². The van der Waals surface area contributed by atoms with Gasteiger partial charge < -0.3 is 23.7 Å². The fourth-order valence-electron chi connectivity index (χ4n) is 5.49. The highest BCUT2D eigenvalue weighted by molar-refractivity contribution is 5.79. The predicted molar refractivity (Wildman–Crippen MR) is 136 cm³/mol. The van der Waals surface area contributed by atoms with Crippen molar-refractivity contribution in [2.75, 3.05) is 60.0 Å². The molecule has 2 bridgehead atoms. The first-order valence-electron chi connectivity index (χ1n) is 12.8. The summed E-state index contributed by atoms with van der Waals surface area (Å²) < 4.78 is 27.8. The third kappa shape index (κ3) is 5.49. The van der Waals surface area contributed by atoms with Crippen LogP contribution in [0.3, 0.4) is 0 Å². The second-order valence-corrected chi connectivity index (χ2v) is 9.47. The Bertz CT molecular complexity index is 1020. The highest BCUT2D eigenvalue weighted by Crippen LogP contribution is 2.44. The van der Waals surface area contributed by atoms with Gasteiger partial charge in [-0.15, -0.1) is 0 Å². The Morgan fingerprint density at radius 3 is 2.28 bits per heavy atom. The average molecular weight is 494 g/mol. The molecule has 3 aliphatic rings. The van der Waals surface area contributed by atoms with E-state index in [4.69, 9.17) is 23.7 Å². The van der Waals surface area contributed by atoms with Crippen molar-refractivity contribution in [3.63, 3.8) is 0 Å². The molecule has 1 amide bonds. The van der Waals surface area contributed by atoms with Crippen LogP contribution in [0.5, 0.6) is 0 Å². The minimum atomic E-state index is -0.255. The van der Waals surface area contributed by atoms with E-state index in [1.807, 2.05) is 4.90 Å². The fraction of sp³-hybridized carbons (Fsp3) is 0.483. The maximum atomic E-state index is 13.3. The van der Waals surface area contributed by atoms with Gasteiger partial charge in [0, 0.05) is 13.0 Å². The molecule has 1 aliphatic carbocycles. The van der Waals surface area contributed by atoms with E-state index in [-0.39, 0.29) is 24.1 Å². The largest absolute Gasteiger partial charge is 0.448 e. The number of rotatable bonds is 11. The quantitative estimate of drug-likeness (QED) is 0.341. The number of hydrogen-bond acceptors (Lipinski definition) is 6. The van der Waals surface area contributed by atoms with E-state index in [0.717, 1.165) is 12.8 Å². The lowest BCUT2D eigenvalue weighted by atomic mass is 9.93. The van der Waals surface area contributed by atoms with Crippen molar-refractivity contribution in [3.05, 3.63) is 71.3 Å². The molecule has 2 heterocycles. The van der Waals surface area contributed by atoms with Crippen LogP contribution in [-0.2, 0) is 23.7 Å². The third-order valence-electron chi connectivity index (χ3n) is 7.19. The first-order chi connectivity index (χ1) is 17.8. The number of benzene rings is 2. The van der Waals surface area contributed by atoms with E-state index in [9.17, 15) is 4.79 Å². The molecule has 1 saturated heterocycles. The van der Waals surface area contributed by atoms with Crippen molar-refractivity contribution in [3.8, 4) is 11.1 Å². The molecule has 0 spiro atoms. The van der Waals surface area contributed by atoms with Crippen LogP contribution in [-0.4, -0.2) is 83.0 Å². The molecule has 7 heteroatoms. The number of ether oxygens (including phenoxy) is 5. The molecule has 0 saturated carbocycles. The Morgan fingerprint density at radius 1 is 0.917 bits per heavy atom. The molecule has 1 fully saturated rings. The summed E-state index contributed by atoms with van der Waals surface area (Å²) >= 11 is 0. The lowest BCUT2D eigenvalue weighted by Crippen LogP contribution is -2.56. The maximum absolute atomic E-state index is 13.3. The summed E-state index contributed by atoms with van der Waals surface area (Å²) in [6.45, 7) is 4.32. The summed E-state index contributed by atoms with van der Waals surface area (Å²) in [4.78, 5) is 15.2. The smallest absolute Gasteiger partial charge is 0.410 e. The molecule has 2 unspecified atom stereocenters. The zero-order valence-electron chi connectivity index (χ0n) is 20.9. The summed E-state index contributed by atoms with van der Waals surface area (Å²) in [5.41, 5.74) is 6.22. The lowest BCUT2D eigenvalue weighted by Gasteiger charge is -2.44. The van der Waals surface area contributed by atoms with Gasteiger partial charge in [-0.05, 0) is 35.1 Å². The van der Waals surface area contributed by atoms with Gasteiger partial charge in [0.1, 0.15) is 6.61 Å². The molecule has 0 N–H and O–H groups in total. The number of morpholine rings is 1. The minimum absolute atomic E-state index is 0.00298. The lowest BCUT2D eigenvalue weighted by molar-refractivity contribution is -0.0370. The van der Waals surface area contributed by atoms with Gasteiger partial charge in [-0.2, -0.15) is 0 Å². The van der Waals surface area contributed by atoms with Crippen molar-refractivity contribution >= 4 is 6.09 Å². The second kappa shape index (κ2) is 12.0. The minimum Gasteiger partial charge on any atom is -0.448 e. The second-order valence-electron chi connectivity index (χ2n) is 9.47. The van der Waals surface area contributed by atoms with Crippen molar-refractivity contribution < 1.29 is 28.5 Å². The van der Waals surface area contributed by atoms with E-state index < -0.39 is 0 Å². The van der Waals surface area contributed by atoms with Gasteiger partial charge in [-0.25, -0.2) is 4.79 Å². The van der Waals surface area contributed by atoms with Crippen molar-refractivity contribution in [1.29, 1.82) is 0 Å². The van der Waals surface area contributed by atoms with Crippen LogP contribution >= 0.6 is 0 Å². The fourth-order valence-corrected chi connectivity index (χ4v) is 5.49. The number of fused-ring (bicyclic) bond motifs is 5. The van der Waals surface area contributed by atoms with Gasteiger partial charge >= 0.3 is 6.09 Å². The molecule has 2 aromatic carbocycles. The monoisotopic (exact) mass is 493 g/mol. The van der Waals surface area contributed by atoms with Crippen LogP contribution in [0.25, 0.3) is 11.1 Å². The summed E-state index contributed by atoms with van der Waals surface area (Å²) in [5.74, 6) is 0.0592. The Labute approximate surface area is 212 Å². The first kappa shape index (κ1) is 25.0. The molecule has 7 nitrogen and oxygen atoms in total. The molecule has 2 aromatic rings. The molecule has 192 valence electrons. The summed E-state index contributed by atoms with van der Waals surface area (Å²) in [5, 5.41) is 0. The molecule has 0 aromatic heterocycles. The van der Waals surface area contributed by atoms with Crippen molar-refractivity contribution in [2.24, 2.45) is 0 Å². The topological polar surface area (TPSA) is 66.5 Å². The standard InChI is InChI=1S/C29H35NO6/c1-32-12-13-34-15-14-33-11-10-21-16-22-18-35-19-23(17-21)30(22)29(31)36-20-28-26-8-4-2-6-24(26)25-7-3-5-9-27(25)28/h2-9,16,22-23,28H,10-15,17-20H2,1H3. The summed E-state index contributed by atoms with van der Waals surface area (Å²) in [7, 11) is 1.66.